The molecular formula is C13H18FNO2. The summed E-state index contributed by atoms with van der Waals surface area (Å²) in [6.45, 7) is 1.44. The van der Waals surface area contributed by atoms with Gasteiger partial charge in [-0.15, -0.1) is 0 Å². The zero-order chi connectivity index (χ0) is 12.1. The van der Waals surface area contributed by atoms with Crippen LogP contribution < -0.4 is 10.1 Å². The molecule has 1 heterocycles. The number of hydrogen-bond acceptors (Lipinski definition) is 3. The van der Waals surface area contributed by atoms with Gasteiger partial charge in [0, 0.05) is 12.5 Å². The van der Waals surface area contributed by atoms with Crippen LogP contribution in [0.2, 0.25) is 0 Å². The summed E-state index contributed by atoms with van der Waals surface area (Å²) < 4.78 is 18.1. The van der Waals surface area contributed by atoms with E-state index in [1.165, 1.54) is 12.1 Å². The highest BCUT2D eigenvalue weighted by Gasteiger charge is 2.22. The van der Waals surface area contributed by atoms with Gasteiger partial charge in [0.05, 0.1) is 12.7 Å². The third-order valence-corrected chi connectivity index (χ3v) is 3.06. The number of aliphatic hydroxyl groups excluding tert-OH is 1. The van der Waals surface area contributed by atoms with Crippen LogP contribution in [0, 0.1) is 5.82 Å². The summed E-state index contributed by atoms with van der Waals surface area (Å²) in [7, 11) is 0. The molecule has 0 spiro atoms. The molecule has 0 aliphatic carbocycles. The predicted octanol–water partition coefficient (Wildman–Crippen LogP) is 1.71. The first-order chi connectivity index (χ1) is 8.25. The lowest BCUT2D eigenvalue weighted by Gasteiger charge is -2.18. The van der Waals surface area contributed by atoms with Crippen molar-refractivity contribution in [2.45, 2.75) is 31.4 Å². The lowest BCUT2D eigenvalue weighted by atomic mass is 10.1. The normalized spacial score (nSPS) is 21.4. The molecule has 17 heavy (non-hydrogen) atoms. The number of rotatable bonds is 5. The number of nitrogens with one attached hydrogen (secondary N) is 1. The van der Waals surface area contributed by atoms with E-state index in [2.05, 4.69) is 5.32 Å². The van der Waals surface area contributed by atoms with Crippen molar-refractivity contribution in [3.8, 4) is 5.75 Å². The Balaban J connectivity index is 1.70. The maximum absolute atomic E-state index is 12.6. The fraction of sp³-hybridized carbons (Fsp3) is 0.538. The molecule has 1 fully saturated rings. The van der Waals surface area contributed by atoms with Gasteiger partial charge in [-0.25, -0.2) is 4.39 Å². The fourth-order valence-corrected chi connectivity index (χ4v) is 2.07. The maximum Gasteiger partial charge on any atom is 0.123 e. The van der Waals surface area contributed by atoms with Crippen LogP contribution in [0.3, 0.4) is 0 Å². The smallest absolute Gasteiger partial charge is 0.123 e. The zero-order valence-corrected chi connectivity index (χ0v) is 9.73. The van der Waals surface area contributed by atoms with Crippen molar-refractivity contribution >= 4 is 0 Å². The molecule has 1 saturated heterocycles. The van der Waals surface area contributed by atoms with Crippen molar-refractivity contribution in [3.05, 3.63) is 30.1 Å². The third-order valence-electron chi connectivity index (χ3n) is 3.06. The molecule has 1 aromatic rings. The minimum Gasteiger partial charge on any atom is -0.493 e. The molecule has 3 nitrogen and oxygen atoms in total. The van der Waals surface area contributed by atoms with E-state index in [1.807, 2.05) is 0 Å². The van der Waals surface area contributed by atoms with Gasteiger partial charge in [0.25, 0.3) is 0 Å². The van der Waals surface area contributed by atoms with Crippen molar-refractivity contribution in [2.75, 3.05) is 13.2 Å². The topological polar surface area (TPSA) is 41.5 Å². The number of benzene rings is 1. The Morgan fingerprint density at radius 3 is 2.82 bits per heavy atom. The number of aliphatic hydroxyl groups is 1. The molecular weight excluding hydrogens is 221 g/mol. The summed E-state index contributed by atoms with van der Waals surface area (Å²) in [5, 5.41) is 13.1. The first-order valence-electron chi connectivity index (χ1n) is 6.05. The van der Waals surface area contributed by atoms with Crippen molar-refractivity contribution < 1.29 is 14.2 Å². The van der Waals surface area contributed by atoms with Crippen LogP contribution in [0.5, 0.6) is 5.75 Å². The van der Waals surface area contributed by atoms with E-state index < -0.39 is 0 Å². The Kier molecular flexibility index (Phi) is 4.34. The van der Waals surface area contributed by atoms with Crippen LogP contribution in [-0.4, -0.2) is 30.4 Å². The van der Waals surface area contributed by atoms with Crippen molar-refractivity contribution in [1.29, 1.82) is 0 Å². The van der Waals surface area contributed by atoms with Gasteiger partial charge in [0.15, 0.2) is 0 Å². The summed E-state index contributed by atoms with van der Waals surface area (Å²) in [5.41, 5.74) is 0. The average Bonchev–Trinajstić information content (AvgIpc) is 2.85. The van der Waals surface area contributed by atoms with Gasteiger partial charge in [0.2, 0.25) is 0 Å². The summed E-state index contributed by atoms with van der Waals surface area (Å²) in [5.74, 6) is 0.366. The van der Waals surface area contributed by atoms with Gasteiger partial charge in [-0.3, -0.25) is 0 Å². The van der Waals surface area contributed by atoms with Gasteiger partial charge in [-0.1, -0.05) is 0 Å². The van der Waals surface area contributed by atoms with Crippen LogP contribution in [0.1, 0.15) is 19.3 Å². The molecule has 1 aliphatic rings. The molecule has 4 heteroatoms. The third kappa shape index (κ3) is 3.68. The Bertz CT molecular complexity index is 336. The van der Waals surface area contributed by atoms with Gasteiger partial charge < -0.3 is 15.2 Å². The van der Waals surface area contributed by atoms with Crippen LogP contribution in [0.4, 0.5) is 4.39 Å². The summed E-state index contributed by atoms with van der Waals surface area (Å²) in [4.78, 5) is 0. The lowest BCUT2D eigenvalue weighted by Crippen LogP contribution is -2.35. The van der Waals surface area contributed by atoms with Gasteiger partial charge in [0.1, 0.15) is 11.6 Å². The molecule has 0 saturated carbocycles. The molecule has 94 valence electrons. The van der Waals surface area contributed by atoms with Crippen LogP contribution >= 0.6 is 0 Å². The average molecular weight is 239 g/mol. The minimum atomic E-state index is -0.363. The molecule has 1 aliphatic heterocycles. The van der Waals surface area contributed by atoms with Gasteiger partial charge >= 0.3 is 0 Å². The van der Waals surface area contributed by atoms with Crippen molar-refractivity contribution in [2.24, 2.45) is 0 Å². The first-order valence-corrected chi connectivity index (χ1v) is 6.05. The molecule has 0 aromatic heterocycles. The SMILES string of the molecule is OC(CCOc1ccc(F)cc1)C1CCCN1. The first kappa shape index (κ1) is 12.3. The lowest BCUT2D eigenvalue weighted by molar-refractivity contribution is 0.107. The predicted molar refractivity (Wildman–Crippen MR) is 63.5 cm³/mol. The summed E-state index contributed by atoms with van der Waals surface area (Å²) in [6.07, 6.45) is 2.38. The zero-order valence-electron chi connectivity index (χ0n) is 9.73. The summed E-state index contributed by atoms with van der Waals surface area (Å²) in [6, 6.07) is 6.12. The molecule has 2 rings (SSSR count). The quantitative estimate of drug-likeness (QED) is 0.822. The van der Waals surface area contributed by atoms with E-state index in [4.69, 9.17) is 4.74 Å². The number of ether oxygens (including phenoxy) is 1. The van der Waals surface area contributed by atoms with Crippen LogP contribution in [0.25, 0.3) is 0 Å². The van der Waals surface area contributed by atoms with Crippen molar-refractivity contribution in [3.63, 3.8) is 0 Å². The largest absolute Gasteiger partial charge is 0.493 e. The molecule has 1 aromatic carbocycles. The fourth-order valence-electron chi connectivity index (χ4n) is 2.07. The molecule has 0 bridgehead atoms. The van der Waals surface area contributed by atoms with Crippen LogP contribution in [0.15, 0.2) is 24.3 Å². The second-order valence-electron chi connectivity index (χ2n) is 4.36. The Labute approximate surface area is 101 Å². The Hall–Kier alpha value is -1.13. The van der Waals surface area contributed by atoms with Crippen LogP contribution in [-0.2, 0) is 0 Å². The second kappa shape index (κ2) is 5.98. The standard InChI is InChI=1S/C13H18FNO2/c14-10-3-5-11(6-4-10)17-9-7-13(16)12-2-1-8-15-12/h3-6,12-13,15-16H,1-2,7-9H2. The maximum atomic E-state index is 12.6. The van der Waals surface area contributed by atoms with E-state index in [1.54, 1.807) is 12.1 Å². The van der Waals surface area contributed by atoms with Crippen molar-refractivity contribution in [1.82, 2.24) is 5.32 Å². The van der Waals surface area contributed by atoms with E-state index in [0.29, 0.717) is 18.8 Å². The Morgan fingerprint density at radius 2 is 2.18 bits per heavy atom. The van der Waals surface area contributed by atoms with Gasteiger partial charge in [-0.2, -0.15) is 0 Å². The molecule has 2 unspecified atom stereocenters. The number of halogens is 1. The van der Waals surface area contributed by atoms with E-state index >= 15 is 0 Å². The van der Waals surface area contributed by atoms with Gasteiger partial charge in [-0.05, 0) is 43.7 Å². The summed E-state index contributed by atoms with van der Waals surface area (Å²) >= 11 is 0. The molecule has 0 amide bonds. The molecule has 0 radical (unpaired) electrons. The minimum absolute atomic E-state index is 0.201. The highest BCUT2D eigenvalue weighted by Crippen LogP contribution is 2.14. The number of hydrogen-bond donors (Lipinski definition) is 2. The second-order valence-corrected chi connectivity index (χ2v) is 4.36. The van der Waals surface area contributed by atoms with E-state index in [-0.39, 0.29) is 18.0 Å². The molecule has 2 atom stereocenters. The highest BCUT2D eigenvalue weighted by molar-refractivity contribution is 5.21. The highest BCUT2D eigenvalue weighted by atomic mass is 19.1. The molecule has 2 N–H and O–H groups in total. The van der Waals surface area contributed by atoms with E-state index in [0.717, 1.165) is 19.4 Å². The monoisotopic (exact) mass is 239 g/mol. The Morgan fingerprint density at radius 1 is 1.41 bits per heavy atom. The van der Waals surface area contributed by atoms with E-state index in [9.17, 15) is 9.50 Å².